The van der Waals surface area contributed by atoms with Crippen molar-refractivity contribution in [1.29, 1.82) is 0 Å². The Bertz CT molecular complexity index is 374. The Kier molecular flexibility index (Phi) is 2.93. The number of carbonyl (C=O) groups excluding carboxylic acids is 2. The fraction of sp³-hybridized carbons (Fsp3) is 0.111. The van der Waals surface area contributed by atoms with Crippen LogP contribution in [0.5, 0.6) is 0 Å². The second kappa shape index (κ2) is 3.79. The minimum absolute atomic E-state index is 0.0727. The van der Waals surface area contributed by atoms with E-state index in [0.29, 0.717) is 6.29 Å². The molecule has 0 radical (unpaired) electrons. The van der Waals surface area contributed by atoms with Crippen LogP contribution in [0.2, 0.25) is 0 Å². The summed E-state index contributed by atoms with van der Waals surface area (Å²) in [5.74, 6) is -1.03. The topological polar surface area (TPSA) is 34.1 Å². The summed E-state index contributed by atoms with van der Waals surface area (Å²) in [4.78, 5) is 21.3. The van der Waals surface area contributed by atoms with E-state index in [1.807, 2.05) is 0 Å². The van der Waals surface area contributed by atoms with E-state index < -0.39 is 11.6 Å². The lowest BCUT2D eigenvalue weighted by atomic mass is 10.1. The van der Waals surface area contributed by atoms with Crippen LogP contribution in [-0.4, -0.2) is 12.1 Å². The van der Waals surface area contributed by atoms with Crippen LogP contribution < -0.4 is 0 Å². The zero-order valence-electron chi connectivity index (χ0n) is 6.80. The maximum Gasteiger partial charge on any atom is 0.162 e. The molecule has 0 aliphatic rings. The lowest BCUT2D eigenvalue weighted by Gasteiger charge is -2.01. The summed E-state index contributed by atoms with van der Waals surface area (Å²) in [6.45, 7) is 1.25. The molecular formula is C9H6BrFO2. The van der Waals surface area contributed by atoms with Crippen molar-refractivity contribution in [2.75, 3.05) is 0 Å². The van der Waals surface area contributed by atoms with E-state index >= 15 is 0 Å². The quantitative estimate of drug-likeness (QED) is 0.592. The number of Topliss-reactive ketones (excluding diaryl/α,β-unsaturated/α-hetero) is 1. The smallest absolute Gasteiger partial charge is 0.162 e. The van der Waals surface area contributed by atoms with E-state index in [1.165, 1.54) is 19.1 Å². The van der Waals surface area contributed by atoms with Gasteiger partial charge in [0.2, 0.25) is 0 Å². The lowest BCUT2D eigenvalue weighted by molar-refractivity contribution is 0.101. The van der Waals surface area contributed by atoms with Gasteiger partial charge in [-0.25, -0.2) is 4.39 Å². The summed E-state index contributed by atoms with van der Waals surface area (Å²) in [6.07, 6.45) is 0.566. The van der Waals surface area contributed by atoms with E-state index in [-0.39, 0.29) is 15.6 Å². The molecule has 0 spiro atoms. The summed E-state index contributed by atoms with van der Waals surface area (Å²) in [5.41, 5.74) is 0.204. The molecule has 1 aromatic carbocycles. The van der Waals surface area contributed by atoms with Gasteiger partial charge < -0.3 is 0 Å². The normalized spacial score (nSPS) is 9.77. The lowest BCUT2D eigenvalue weighted by Crippen LogP contribution is -1.99. The Labute approximate surface area is 82.9 Å². The summed E-state index contributed by atoms with van der Waals surface area (Å²) in [7, 11) is 0. The van der Waals surface area contributed by atoms with Crippen molar-refractivity contribution in [3.05, 3.63) is 33.5 Å². The van der Waals surface area contributed by atoms with Crippen molar-refractivity contribution in [2.45, 2.75) is 6.92 Å². The van der Waals surface area contributed by atoms with Gasteiger partial charge in [-0.1, -0.05) is 0 Å². The van der Waals surface area contributed by atoms with Crippen LogP contribution >= 0.6 is 15.9 Å². The van der Waals surface area contributed by atoms with E-state index in [4.69, 9.17) is 0 Å². The third-order valence-electron chi connectivity index (χ3n) is 1.57. The first-order valence-electron chi connectivity index (χ1n) is 3.51. The summed E-state index contributed by atoms with van der Waals surface area (Å²) in [5, 5.41) is 0. The molecule has 0 bridgehead atoms. The number of hydrogen-bond donors (Lipinski definition) is 0. The number of halogens is 2. The third kappa shape index (κ3) is 2.01. The molecule has 1 rings (SSSR count). The highest BCUT2D eigenvalue weighted by Gasteiger charge is 2.11. The van der Waals surface area contributed by atoms with Crippen molar-refractivity contribution in [1.82, 2.24) is 0 Å². The van der Waals surface area contributed by atoms with Gasteiger partial charge in [0, 0.05) is 5.56 Å². The largest absolute Gasteiger partial charge is 0.298 e. The third-order valence-corrected chi connectivity index (χ3v) is 2.14. The van der Waals surface area contributed by atoms with E-state index in [0.717, 1.165) is 0 Å². The molecule has 0 saturated carbocycles. The zero-order valence-corrected chi connectivity index (χ0v) is 8.39. The monoisotopic (exact) mass is 244 g/mol. The van der Waals surface area contributed by atoms with Crippen molar-refractivity contribution in [3.63, 3.8) is 0 Å². The maximum absolute atomic E-state index is 13.2. The summed E-state index contributed by atoms with van der Waals surface area (Å²) < 4.78 is 13.3. The highest BCUT2D eigenvalue weighted by atomic mass is 79.9. The Balaban J connectivity index is 3.41. The molecule has 0 aliphatic heterocycles. The van der Waals surface area contributed by atoms with Gasteiger partial charge in [0.05, 0.1) is 10.0 Å². The number of aldehydes is 1. The van der Waals surface area contributed by atoms with Gasteiger partial charge in [-0.05, 0) is 35.0 Å². The molecule has 0 fully saturated rings. The van der Waals surface area contributed by atoms with Crippen molar-refractivity contribution in [2.24, 2.45) is 0 Å². The van der Waals surface area contributed by atoms with E-state index in [1.54, 1.807) is 0 Å². The molecule has 0 aliphatic carbocycles. The van der Waals surface area contributed by atoms with Crippen LogP contribution in [-0.2, 0) is 0 Å². The van der Waals surface area contributed by atoms with Crippen molar-refractivity contribution in [3.8, 4) is 0 Å². The van der Waals surface area contributed by atoms with Crippen LogP contribution in [0.3, 0.4) is 0 Å². The van der Waals surface area contributed by atoms with Crippen LogP contribution in [0, 0.1) is 5.82 Å². The molecule has 0 aromatic heterocycles. The minimum Gasteiger partial charge on any atom is -0.298 e. The molecule has 13 heavy (non-hydrogen) atoms. The van der Waals surface area contributed by atoms with E-state index in [2.05, 4.69) is 15.9 Å². The van der Waals surface area contributed by atoms with Gasteiger partial charge >= 0.3 is 0 Å². The molecule has 0 heterocycles. The molecule has 1 aromatic rings. The molecule has 2 nitrogen and oxygen atoms in total. The molecule has 0 unspecified atom stereocenters. The Hall–Kier alpha value is -1.03. The Morgan fingerprint density at radius 2 is 2.15 bits per heavy atom. The molecule has 0 amide bonds. The van der Waals surface area contributed by atoms with Gasteiger partial charge in [-0.2, -0.15) is 0 Å². The fourth-order valence-corrected chi connectivity index (χ4v) is 1.41. The van der Waals surface area contributed by atoms with Gasteiger partial charge in [0.1, 0.15) is 12.1 Å². The Morgan fingerprint density at radius 1 is 1.54 bits per heavy atom. The molecular weight excluding hydrogens is 239 g/mol. The van der Waals surface area contributed by atoms with Crippen LogP contribution in [0.15, 0.2) is 16.6 Å². The second-order valence-corrected chi connectivity index (χ2v) is 3.39. The highest BCUT2D eigenvalue weighted by Crippen LogP contribution is 2.21. The number of rotatable bonds is 2. The SMILES string of the molecule is CC(=O)c1cc(C=O)cc(Br)c1F. The van der Waals surface area contributed by atoms with Crippen LogP contribution in [0.25, 0.3) is 0 Å². The number of ketones is 1. The first kappa shape index (κ1) is 10.1. The second-order valence-electron chi connectivity index (χ2n) is 2.54. The van der Waals surface area contributed by atoms with Crippen LogP contribution in [0.1, 0.15) is 27.6 Å². The van der Waals surface area contributed by atoms with Gasteiger partial charge in [0.25, 0.3) is 0 Å². The number of hydrogen-bond acceptors (Lipinski definition) is 2. The van der Waals surface area contributed by atoms with Crippen molar-refractivity contribution < 1.29 is 14.0 Å². The van der Waals surface area contributed by atoms with Gasteiger partial charge in [-0.15, -0.1) is 0 Å². The standard InChI is InChI=1S/C9H6BrFO2/c1-5(13)7-2-6(4-12)3-8(10)9(7)11/h2-4H,1H3. The highest BCUT2D eigenvalue weighted by molar-refractivity contribution is 9.10. The average molecular weight is 245 g/mol. The predicted molar refractivity (Wildman–Crippen MR) is 49.5 cm³/mol. The van der Waals surface area contributed by atoms with E-state index in [9.17, 15) is 14.0 Å². The molecule has 68 valence electrons. The Morgan fingerprint density at radius 3 is 2.62 bits per heavy atom. The minimum atomic E-state index is -0.627. The van der Waals surface area contributed by atoms with Gasteiger partial charge in [-0.3, -0.25) is 9.59 Å². The molecule has 0 N–H and O–H groups in total. The number of carbonyl (C=O) groups is 2. The number of benzene rings is 1. The molecule has 0 saturated heterocycles. The first-order chi connectivity index (χ1) is 6.06. The van der Waals surface area contributed by atoms with Crippen LogP contribution in [0.4, 0.5) is 4.39 Å². The maximum atomic E-state index is 13.2. The zero-order chi connectivity index (χ0) is 10.0. The van der Waals surface area contributed by atoms with Crippen molar-refractivity contribution >= 4 is 28.0 Å². The molecule has 4 heteroatoms. The average Bonchev–Trinajstić information content (AvgIpc) is 2.09. The summed E-state index contributed by atoms with van der Waals surface area (Å²) >= 11 is 2.92. The summed E-state index contributed by atoms with van der Waals surface area (Å²) in [6, 6.07) is 2.56. The predicted octanol–water partition coefficient (Wildman–Crippen LogP) is 2.60. The molecule has 0 atom stereocenters. The fourth-order valence-electron chi connectivity index (χ4n) is 0.934. The first-order valence-corrected chi connectivity index (χ1v) is 4.30. The van der Waals surface area contributed by atoms with Gasteiger partial charge in [0.15, 0.2) is 5.78 Å².